The van der Waals surface area contributed by atoms with Crippen molar-refractivity contribution in [2.24, 2.45) is 0 Å². The van der Waals surface area contributed by atoms with Crippen LogP contribution >= 0.6 is 0 Å². The van der Waals surface area contributed by atoms with E-state index in [9.17, 15) is 8.42 Å². The highest BCUT2D eigenvalue weighted by Crippen LogP contribution is 2.29. The van der Waals surface area contributed by atoms with Crippen molar-refractivity contribution in [3.63, 3.8) is 0 Å². The smallest absolute Gasteiger partial charge is 0.243 e. The van der Waals surface area contributed by atoms with E-state index in [1.165, 1.54) is 0 Å². The fourth-order valence-electron chi connectivity index (χ4n) is 3.55. The van der Waals surface area contributed by atoms with Gasteiger partial charge < -0.3 is 15.0 Å². The SMILES string of the molecule is CCNc1cc(N2CCN(S(=O)(=O)c3ccc(OC)c(C)c3C)CC2)nc(C)n1. The van der Waals surface area contributed by atoms with E-state index in [-0.39, 0.29) is 0 Å². The first kappa shape index (κ1) is 21.3. The number of aromatic nitrogens is 2. The predicted molar refractivity (Wildman–Crippen MR) is 114 cm³/mol. The van der Waals surface area contributed by atoms with Crippen molar-refractivity contribution in [2.75, 3.05) is 50.1 Å². The first-order chi connectivity index (χ1) is 13.8. The molecule has 1 aromatic heterocycles. The third-order valence-corrected chi connectivity index (χ3v) is 7.31. The zero-order chi connectivity index (χ0) is 21.2. The van der Waals surface area contributed by atoms with Crippen LogP contribution in [0.4, 0.5) is 11.6 Å². The van der Waals surface area contributed by atoms with Crippen molar-refractivity contribution in [3.05, 3.63) is 35.2 Å². The number of hydrogen-bond acceptors (Lipinski definition) is 7. The lowest BCUT2D eigenvalue weighted by Gasteiger charge is -2.35. The molecule has 0 saturated carbocycles. The number of methoxy groups -OCH3 is 1. The summed E-state index contributed by atoms with van der Waals surface area (Å²) < 4.78 is 33.3. The van der Waals surface area contributed by atoms with Crippen LogP contribution < -0.4 is 15.0 Å². The number of ether oxygens (including phenoxy) is 1. The van der Waals surface area contributed by atoms with E-state index in [1.807, 2.05) is 33.8 Å². The zero-order valence-corrected chi connectivity index (χ0v) is 18.5. The Labute approximate surface area is 173 Å². The Morgan fingerprint density at radius 2 is 1.76 bits per heavy atom. The number of nitrogens with zero attached hydrogens (tertiary/aromatic N) is 4. The molecular formula is C20H29N5O3S. The molecule has 2 heterocycles. The van der Waals surface area contributed by atoms with Crippen molar-refractivity contribution >= 4 is 21.7 Å². The minimum atomic E-state index is -3.56. The second kappa shape index (κ2) is 8.54. The molecule has 0 atom stereocenters. The minimum absolute atomic E-state index is 0.344. The van der Waals surface area contributed by atoms with E-state index in [0.717, 1.165) is 29.3 Å². The van der Waals surface area contributed by atoms with Crippen molar-refractivity contribution in [1.82, 2.24) is 14.3 Å². The van der Waals surface area contributed by atoms with Gasteiger partial charge in [0.25, 0.3) is 0 Å². The van der Waals surface area contributed by atoms with Gasteiger partial charge in [0.1, 0.15) is 23.2 Å². The first-order valence-electron chi connectivity index (χ1n) is 9.76. The highest BCUT2D eigenvalue weighted by Gasteiger charge is 2.31. The van der Waals surface area contributed by atoms with Gasteiger partial charge in [0.15, 0.2) is 0 Å². The Morgan fingerprint density at radius 3 is 2.38 bits per heavy atom. The van der Waals surface area contributed by atoms with Gasteiger partial charge in [-0.3, -0.25) is 0 Å². The topological polar surface area (TPSA) is 87.7 Å². The summed E-state index contributed by atoms with van der Waals surface area (Å²) in [5.41, 5.74) is 1.58. The van der Waals surface area contributed by atoms with Crippen molar-refractivity contribution in [3.8, 4) is 5.75 Å². The first-order valence-corrected chi connectivity index (χ1v) is 11.2. The van der Waals surface area contributed by atoms with Gasteiger partial charge in [-0.1, -0.05) is 0 Å². The fourth-order valence-corrected chi connectivity index (χ4v) is 5.26. The Morgan fingerprint density at radius 1 is 1.07 bits per heavy atom. The molecule has 9 heteroatoms. The second-order valence-corrected chi connectivity index (χ2v) is 9.00. The molecule has 0 amide bonds. The quantitative estimate of drug-likeness (QED) is 0.769. The molecule has 1 aliphatic rings. The lowest BCUT2D eigenvalue weighted by atomic mass is 10.1. The van der Waals surface area contributed by atoms with Crippen LogP contribution in [-0.2, 0) is 10.0 Å². The molecule has 8 nitrogen and oxygen atoms in total. The molecule has 0 radical (unpaired) electrons. The third kappa shape index (κ3) is 4.30. The van der Waals surface area contributed by atoms with Gasteiger partial charge in [-0.25, -0.2) is 18.4 Å². The Bertz CT molecular complexity index is 986. The average Bonchev–Trinajstić information content (AvgIpc) is 2.69. The van der Waals surface area contributed by atoms with Crippen LogP contribution in [0.15, 0.2) is 23.1 Å². The van der Waals surface area contributed by atoms with Crippen LogP contribution in [0, 0.1) is 20.8 Å². The van der Waals surface area contributed by atoms with Crippen LogP contribution in [0.2, 0.25) is 0 Å². The van der Waals surface area contributed by atoms with Crippen LogP contribution in [0.5, 0.6) is 5.75 Å². The van der Waals surface area contributed by atoms with Crippen molar-refractivity contribution in [2.45, 2.75) is 32.6 Å². The standard InChI is InChI=1S/C20H29N5O3S/c1-6-21-19-13-20(23-16(4)22-19)24-9-11-25(12-10-24)29(26,27)18-8-7-17(28-5)14(2)15(18)3/h7-8,13H,6,9-12H2,1-5H3,(H,21,22,23). The van der Waals surface area contributed by atoms with E-state index in [4.69, 9.17) is 4.74 Å². The highest BCUT2D eigenvalue weighted by atomic mass is 32.2. The van der Waals surface area contributed by atoms with Gasteiger partial charge in [0.2, 0.25) is 10.0 Å². The number of benzene rings is 1. The maximum atomic E-state index is 13.2. The third-order valence-electron chi connectivity index (χ3n) is 5.27. The number of sulfonamides is 1. The molecular weight excluding hydrogens is 390 g/mol. The number of aryl methyl sites for hydroxylation is 1. The normalized spacial score (nSPS) is 15.4. The van der Waals surface area contributed by atoms with E-state index in [1.54, 1.807) is 23.5 Å². The lowest BCUT2D eigenvalue weighted by molar-refractivity contribution is 0.383. The Hall–Kier alpha value is -2.39. The zero-order valence-electron chi connectivity index (χ0n) is 17.7. The average molecular weight is 420 g/mol. The van der Waals surface area contributed by atoms with Crippen LogP contribution in [0.25, 0.3) is 0 Å². The monoisotopic (exact) mass is 419 g/mol. The number of piperazine rings is 1. The summed E-state index contributed by atoms with van der Waals surface area (Å²) in [6.07, 6.45) is 0. The molecule has 3 rings (SSSR count). The lowest BCUT2D eigenvalue weighted by Crippen LogP contribution is -2.49. The largest absolute Gasteiger partial charge is 0.496 e. The molecule has 1 fully saturated rings. The summed E-state index contributed by atoms with van der Waals surface area (Å²) in [4.78, 5) is 11.4. The predicted octanol–water partition coefficient (Wildman–Crippen LogP) is 2.35. The van der Waals surface area contributed by atoms with Crippen LogP contribution in [0.1, 0.15) is 23.9 Å². The second-order valence-electron chi connectivity index (χ2n) is 7.10. The van der Waals surface area contributed by atoms with E-state index in [0.29, 0.717) is 42.6 Å². The minimum Gasteiger partial charge on any atom is -0.496 e. The van der Waals surface area contributed by atoms with Crippen molar-refractivity contribution < 1.29 is 13.2 Å². The number of nitrogens with one attached hydrogen (secondary N) is 1. The summed E-state index contributed by atoms with van der Waals surface area (Å²) in [5.74, 6) is 3.00. The van der Waals surface area contributed by atoms with Gasteiger partial charge in [0.05, 0.1) is 12.0 Å². The molecule has 1 N–H and O–H groups in total. The molecule has 1 aliphatic heterocycles. The van der Waals surface area contributed by atoms with Crippen LogP contribution in [-0.4, -0.2) is 62.5 Å². The molecule has 2 aromatic rings. The molecule has 0 unspecified atom stereocenters. The fraction of sp³-hybridized carbons (Fsp3) is 0.500. The maximum absolute atomic E-state index is 13.2. The number of rotatable bonds is 6. The Balaban J connectivity index is 1.78. The van der Waals surface area contributed by atoms with Crippen LogP contribution in [0.3, 0.4) is 0 Å². The molecule has 158 valence electrons. The number of hydrogen-bond donors (Lipinski definition) is 1. The summed E-state index contributed by atoms with van der Waals surface area (Å²) >= 11 is 0. The summed E-state index contributed by atoms with van der Waals surface area (Å²) in [5, 5.41) is 3.21. The van der Waals surface area contributed by atoms with Gasteiger partial charge in [-0.05, 0) is 51.0 Å². The molecule has 0 aliphatic carbocycles. The molecule has 29 heavy (non-hydrogen) atoms. The molecule has 1 saturated heterocycles. The van der Waals surface area contributed by atoms with Gasteiger partial charge in [0, 0.05) is 38.8 Å². The highest BCUT2D eigenvalue weighted by molar-refractivity contribution is 7.89. The van der Waals surface area contributed by atoms with Gasteiger partial charge >= 0.3 is 0 Å². The van der Waals surface area contributed by atoms with Gasteiger partial charge in [-0.2, -0.15) is 4.31 Å². The number of anilines is 2. The Kier molecular flexibility index (Phi) is 6.28. The summed E-state index contributed by atoms with van der Waals surface area (Å²) in [6.45, 7) is 10.3. The van der Waals surface area contributed by atoms with Gasteiger partial charge in [-0.15, -0.1) is 0 Å². The maximum Gasteiger partial charge on any atom is 0.243 e. The molecule has 1 aromatic carbocycles. The molecule has 0 bridgehead atoms. The van der Waals surface area contributed by atoms with E-state index in [2.05, 4.69) is 20.2 Å². The van der Waals surface area contributed by atoms with Crippen molar-refractivity contribution in [1.29, 1.82) is 0 Å². The summed E-state index contributed by atoms with van der Waals surface area (Å²) in [7, 11) is -1.98. The summed E-state index contributed by atoms with van der Waals surface area (Å²) in [6, 6.07) is 5.27. The van der Waals surface area contributed by atoms with E-state index >= 15 is 0 Å². The molecule has 0 spiro atoms. The van der Waals surface area contributed by atoms with E-state index < -0.39 is 10.0 Å².